The van der Waals surface area contributed by atoms with Crippen molar-refractivity contribution in [3.8, 4) is 0 Å². The number of amides is 1. The number of hydrogen-bond acceptors (Lipinski definition) is 4. The van der Waals surface area contributed by atoms with Crippen LogP contribution >= 0.6 is 0 Å². The Morgan fingerprint density at radius 1 is 1.37 bits per heavy atom. The Bertz CT molecular complexity index is 569. The monoisotopic (exact) mass is 286 g/mol. The lowest BCUT2D eigenvalue weighted by Gasteiger charge is -2.17. The van der Waals surface area contributed by atoms with Crippen molar-refractivity contribution in [2.24, 2.45) is 5.14 Å². The number of primary sulfonamides is 1. The SMILES string of the molecule is COCCN(C)C(=O)c1cc(C)cc(S(N)(=O)=O)c1. The van der Waals surface area contributed by atoms with Crippen LogP contribution in [0.2, 0.25) is 0 Å². The first-order chi connectivity index (χ1) is 8.75. The van der Waals surface area contributed by atoms with Gasteiger partial charge in [-0.05, 0) is 30.7 Å². The number of benzene rings is 1. The maximum Gasteiger partial charge on any atom is 0.253 e. The molecule has 19 heavy (non-hydrogen) atoms. The molecule has 1 aromatic rings. The molecule has 0 saturated carbocycles. The summed E-state index contributed by atoms with van der Waals surface area (Å²) >= 11 is 0. The van der Waals surface area contributed by atoms with Crippen molar-refractivity contribution in [1.29, 1.82) is 0 Å². The van der Waals surface area contributed by atoms with Crippen molar-refractivity contribution < 1.29 is 17.9 Å². The molecule has 0 aliphatic carbocycles. The van der Waals surface area contributed by atoms with Gasteiger partial charge in [0.1, 0.15) is 0 Å². The van der Waals surface area contributed by atoms with Gasteiger partial charge < -0.3 is 9.64 Å². The van der Waals surface area contributed by atoms with Gasteiger partial charge >= 0.3 is 0 Å². The zero-order valence-electron chi connectivity index (χ0n) is 11.2. The van der Waals surface area contributed by atoms with Crippen LogP contribution in [0.5, 0.6) is 0 Å². The Hall–Kier alpha value is -1.44. The van der Waals surface area contributed by atoms with E-state index in [-0.39, 0.29) is 10.8 Å². The van der Waals surface area contributed by atoms with Crippen LogP contribution in [0.3, 0.4) is 0 Å². The summed E-state index contributed by atoms with van der Waals surface area (Å²) in [4.78, 5) is 13.5. The predicted molar refractivity (Wildman–Crippen MR) is 71.4 cm³/mol. The lowest BCUT2D eigenvalue weighted by molar-refractivity contribution is 0.0744. The highest BCUT2D eigenvalue weighted by molar-refractivity contribution is 7.89. The maximum atomic E-state index is 12.1. The van der Waals surface area contributed by atoms with Gasteiger partial charge in [-0.3, -0.25) is 4.79 Å². The zero-order valence-corrected chi connectivity index (χ0v) is 12.0. The fourth-order valence-corrected chi connectivity index (χ4v) is 2.23. The van der Waals surface area contributed by atoms with Crippen molar-refractivity contribution in [3.05, 3.63) is 29.3 Å². The van der Waals surface area contributed by atoms with Crippen molar-refractivity contribution >= 4 is 15.9 Å². The Morgan fingerprint density at radius 3 is 2.53 bits per heavy atom. The lowest BCUT2D eigenvalue weighted by Crippen LogP contribution is -2.30. The first-order valence-corrected chi connectivity index (χ1v) is 7.19. The molecule has 0 unspecified atom stereocenters. The van der Waals surface area contributed by atoms with Crippen LogP contribution in [0, 0.1) is 6.92 Å². The van der Waals surface area contributed by atoms with Crippen LogP contribution in [0.25, 0.3) is 0 Å². The third-order valence-corrected chi connectivity index (χ3v) is 3.50. The highest BCUT2D eigenvalue weighted by atomic mass is 32.2. The summed E-state index contributed by atoms with van der Waals surface area (Å²) in [6, 6.07) is 4.34. The molecule has 0 aromatic heterocycles. The van der Waals surface area contributed by atoms with Gasteiger partial charge in [0, 0.05) is 26.3 Å². The highest BCUT2D eigenvalue weighted by Gasteiger charge is 2.16. The Morgan fingerprint density at radius 2 is 2.00 bits per heavy atom. The number of ether oxygens (including phenoxy) is 1. The van der Waals surface area contributed by atoms with Crippen LogP contribution in [-0.2, 0) is 14.8 Å². The summed E-state index contributed by atoms with van der Waals surface area (Å²) in [5.74, 6) is -0.273. The molecule has 2 N–H and O–H groups in total. The van der Waals surface area contributed by atoms with E-state index in [2.05, 4.69) is 0 Å². The number of carbonyl (C=O) groups is 1. The van der Waals surface area contributed by atoms with E-state index in [0.29, 0.717) is 24.3 Å². The minimum Gasteiger partial charge on any atom is -0.383 e. The average molecular weight is 286 g/mol. The molecule has 0 aliphatic heterocycles. The fourth-order valence-electron chi connectivity index (χ4n) is 1.59. The molecule has 0 fully saturated rings. The smallest absolute Gasteiger partial charge is 0.253 e. The molecule has 106 valence electrons. The topological polar surface area (TPSA) is 89.7 Å². The fraction of sp³-hybridized carbons (Fsp3) is 0.417. The van der Waals surface area contributed by atoms with Crippen molar-refractivity contribution in [2.75, 3.05) is 27.3 Å². The van der Waals surface area contributed by atoms with Gasteiger partial charge in [0.05, 0.1) is 11.5 Å². The standard InChI is InChI=1S/C12H18N2O4S/c1-9-6-10(8-11(7-9)19(13,16)17)12(15)14(2)4-5-18-3/h6-8H,4-5H2,1-3H3,(H2,13,16,17). The van der Waals surface area contributed by atoms with E-state index in [1.54, 1.807) is 27.1 Å². The first-order valence-electron chi connectivity index (χ1n) is 5.64. The summed E-state index contributed by atoms with van der Waals surface area (Å²) in [7, 11) is -0.648. The van der Waals surface area contributed by atoms with E-state index in [1.807, 2.05) is 0 Å². The second-order valence-electron chi connectivity index (χ2n) is 4.30. The third kappa shape index (κ3) is 4.30. The second-order valence-corrected chi connectivity index (χ2v) is 5.86. The van der Waals surface area contributed by atoms with Crippen LogP contribution in [0.4, 0.5) is 0 Å². The summed E-state index contributed by atoms with van der Waals surface area (Å²) in [6.07, 6.45) is 0. The van der Waals surface area contributed by atoms with Crippen LogP contribution in [-0.4, -0.2) is 46.5 Å². The summed E-state index contributed by atoms with van der Waals surface area (Å²) < 4.78 is 27.6. The highest BCUT2D eigenvalue weighted by Crippen LogP contribution is 2.15. The molecular weight excluding hydrogens is 268 g/mol. The van der Waals surface area contributed by atoms with Gasteiger partial charge in [-0.15, -0.1) is 0 Å². The molecule has 0 aliphatic rings. The summed E-state index contributed by atoms with van der Waals surface area (Å²) in [5.41, 5.74) is 0.956. The molecule has 0 spiro atoms. The largest absolute Gasteiger partial charge is 0.383 e. The Balaban J connectivity index is 3.07. The number of nitrogens with zero attached hydrogens (tertiary/aromatic N) is 1. The van der Waals surface area contributed by atoms with E-state index in [1.165, 1.54) is 17.0 Å². The molecule has 0 saturated heterocycles. The third-order valence-electron chi connectivity index (χ3n) is 2.60. The number of rotatable bonds is 5. The van der Waals surface area contributed by atoms with Gasteiger partial charge in [-0.2, -0.15) is 0 Å². The van der Waals surface area contributed by atoms with Crippen LogP contribution in [0.15, 0.2) is 23.1 Å². The summed E-state index contributed by atoms with van der Waals surface area (Å²) in [5, 5.41) is 5.08. The molecule has 0 radical (unpaired) electrons. The van der Waals surface area contributed by atoms with Gasteiger partial charge in [-0.1, -0.05) is 0 Å². The number of carbonyl (C=O) groups excluding carboxylic acids is 1. The van der Waals surface area contributed by atoms with Crippen LogP contribution < -0.4 is 5.14 Å². The molecule has 6 nitrogen and oxygen atoms in total. The average Bonchev–Trinajstić information content (AvgIpc) is 2.33. The summed E-state index contributed by atoms with van der Waals surface area (Å²) in [6.45, 7) is 2.55. The first kappa shape index (κ1) is 15.6. The molecule has 0 atom stereocenters. The van der Waals surface area contributed by atoms with E-state index in [0.717, 1.165) is 0 Å². The zero-order chi connectivity index (χ0) is 14.6. The van der Waals surface area contributed by atoms with E-state index >= 15 is 0 Å². The van der Waals surface area contributed by atoms with Crippen molar-refractivity contribution in [3.63, 3.8) is 0 Å². The molecule has 0 heterocycles. The molecule has 7 heteroatoms. The van der Waals surface area contributed by atoms with Crippen molar-refractivity contribution in [2.45, 2.75) is 11.8 Å². The number of hydrogen-bond donors (Lipinski definition) is 1. The molecule has 1 amide bonds. The minimum absolute atomic E-state index is 0.0593. The molecule has 0 bridgehead atoms. The van der Waals surface area contributed by atoms with E-state index < -0.39 is 10.0 Å². The number of nitrogens with two attached hydrogens (primary N) is 1. The molecular formula is C12H18N2O4S. The van der Waals surface area contributed by atoms with Gasteiger partial charge in [-0.25, -0.2) is 13.6 Å². The Labute approximate surface area is 113 Å². The Kier molecular flexibility index (Phi) is 5.04. The molecule has 1 rings (SSSR count). The number of sulfonamides is 1. The van der Waals surface area contributed by atoms with Crippen molar-refractivity contribution in [1.82, 2.24) is 4.90 Å². The second kappa shape index (κ2) is 6.14. The number of likely N-dealkylation sites (N-methyl/N-ethyl adjacent to an activating group) is 1. The predicted octanol–water partition coefficient (Wildman–Crippen LogP) is 0.361. The van der Waals surface area contributed by atoms with Gasteiger partial charge in [0.15, 0.2) is 0 Å². The van der Waals surface area contributed by atoms with E-state index in [4.69, 9.17) is 9.88 Å². The quantitative estimate of drug-likeness (QED) is 0.846. The van der Waals surface area contributed by atoms with Gasteiger partial charge in [0.2, 0.25) is 10.0 Å². The van der Waals surface area contributed by atoms with E-state index in [9.17, 15) is 13.2 Å². The van der Waals surface area contributed by atoms with Gasteiger partial charge in [0.25, 0.3) is 5.91 Å². The number of methoxy groups -OCH3 is 1. The minimum atomic E-state index is -3.82. The lowest BCUT2D eigenvalue weighted by atomic mass is 10.1. The van der Waals surface area contributed by atoms with Crippen LogP contribution in [0.1, 0.15) is 15.9 Å². The normalized spacial score (nSPS) is 11.4. The maximum absolute atomic E-state index is 12.1. The number of aryl methyl sites for hydroxylation is 1. The molecule has 1 aromatic carbocycles.